The number of fused-ring (bicyclic) bond motifs is 1. The van der Waals surface area contributed by atoms with Crippen LogP contribution in [-0.2, 0) is 16.3 Å². The summed E-state index contributed by atoms with van der Waals surface area (Å²) in [6.45, 7) is 0. The monoisotopic (exact) mass is 410 g/mol. The summed E-state index contributed by atoms with van der Waals surface area (Å²) in [7, 11) is -0.794. The Hall–Kier alpha value is -1.86. The normalized spacial score (nSPS) is 16.8. The van der Waals surface area contributed by atoms with Gasteiger partial charge in [-0.3, -0.25) is 4.79 Å². The number of hydrogen-bond acceptors (Lipinski definition) is 5. The van der Waals surface area contributed by atoms with Crippen LogP contribution < -0.4 is 9.47 Å². The van der Waals surface area contributed by atoms with Crippen LogP contribution in [0.25, 0.3) is 0 Å². The van der Waals surface area contributed by atoms with Crippen molar-refractivity contribution in [3.8, 4) is 11.5 Å². The molecule has 0 aromatic heterocycles. The number of ketones is 1. The Morgan fingerprint density at radius 2 is 1.62 bits per heavy atom. The molecule has 0 radical (unpaired) electrons. The summed E-state index contributed by atoms with van der Waals surface area (Å²) in [5, 5.41) is -1.12. The Bertz CT molecular complexity index is 903. The van der Waals surface area contributed by atoms with E-state index in [2.05, 4.69) is 15.9 Å². The minimum absolute atomic E-state index is 0.132. The van der Waals surface area contributed by atoms with E-state index in [4.69, 9.17) is 9.47 Å². The number of hydrogen-bond donors (Lipinski definition) is 0. The maximum absolute atomic E-state index is 12.8. The van der Waals surface area contributed by atoms with Gasteiger partial charge in [0, 0.05) is 10.0 Å². The van der Waals surface area contributed by atoms with E-state index in [1.807, 2.05) is 0 Å². The molecule has 1 aliphatic carbocycles. The zero-order valence-electron chi connectivity index (χ0n) is 13.1. The number of sulfone groups is 1. The molecule has 0 heterocycles. The van der Waals surface area contributed by atoms with Crippen LogP contribution in [0, 0.1) is 0 Å². The highest BCUT2D eigenvalue weighted by molar-refractivity contribution is 9.10. The van der Waals surface area contributed by atoms with E-state index in [1.54, 1.807) is 24.3 Å². The largest absolute Gasteiger partial charge is 0.493 e. The Morgan fingerprint density at radius 1 is 1.04 bits per heavy atom. The third-order valence-electron chi connectivity index (χ3n) is 4.09. The number of carbonyl (C=O) groups excluding carboxylic acids is 1. The zero-order valence-corrected chi connectivity index (χ0v) is 15.5. The maximum Gasteiger partial charge on any atom is 0.189 e. The minimum atomic E-state index is -3.76. The molecule has 0 bridgehead atoms. The maximum atomic E-state index is 12.8. The van der Waals surface area contributed by atoms with Gasteiger partial charge in [0.2, 0.25) is 0 Å². The van der Waals surface area contributed by atoms with Crippen LogP contribution in [0.1, 0.15) is 15.9 Å². The number of halogens is 1. The summed E-state index contributed by atoms with van der Waals surface area (Å²) < 4.78 is 36.9. The second-order valence-corrected chi connectivity index (χ2v) is 8.47. The highest BCUT2D eigenvalue weighted by Crippen LogP contribution is 2.37. The predicted octanol–water partition coefficient (Wildman–Crippen LogP) is 3.05. The third-order valence-corrected chi connectivity index (χ3v) is 6.68. The SMILES string of the molecule is COc1cc2c(cc1OC)C(=O)[C@H](S(=O)(=O)c1ccc(Br)cc1)C2. The van der Waals surface area contributed by atoms with E-state index >= 15 is 0 Å². The molecule has 1 aliphatic rings. The fraction of sp³-hybridized carbons (Fsp3) is 0.235. The Kier molecular flexibility index (Phi) is 4.40. The van der Waals surface area contributed by atoms with Gasteiger partial charge in [0.25, 0.3) is 0 Å². The van der Waals surface area contributed by atoms with Gasteiger partial charge in [-0.1, -0.05) is 15.9 Å². The lowest BCUT2D eigenvalue weighted by molar-refractivity contribution is 0.0997. The van der Waals surface area contributed by atoms with Crippen molar-refractivity contribution in [2.45, 2.75) is 16.6 Å². The number of Topliss-reactive ketones (excluding diaryl/α,β-unsaturated/α-hetero) is 1. The highest BCUT2D eigenvalue weighted by atomic mass is 79.9. The lowest BCUT2D eigenvalue weighted by Crippen LogP contribution is -2.27. The average Bonchev–Trinajstić information content (AvgIpc) is 2.90. The molecular weight excluding hydrogens is 396 g/mol. The molecule has 0 spiro atoms. The minimum Gasteiger partial charge on any atom is -0.493 e. The number of methoxy groups -OCH3 is 2. The summed E-state index contributed by atoms with van der Waals surface area (Å²) in [6.07, 6.45) is 0.132. The zero-order chi connectivity index (χ0) is 17.5. The van der Waals surface area contributed by atoms with Crippen LogP contribution in [0.15, 0.2) is 45.8 Å². The first kappa shape index (κ1) is 17.0. The molecule has 0 N–H and O–H groups in total. The van der Waals surface area contributed by atoms with Crippen molar-refractivity contribution in [3.63, 3.8) is 0 Å². The van der Waals surface area contributed by atoms with Crippen molar-refractivity contribution in [2.75, 3.05) is 14.2 Å². The molecule has 2 aromatic rings. The van der Waals surface area contributed by atoms with Gasteiger partial charge in [-0.25, -0.2) is 8.42 Å². The van der Waals surface area contributed by atoms with Crippen molar-refractivity contribution in [1.82, 2.24) is 0 Å². The summed E-state index contributed by atoms with van der Waals surface area (Å²) >= 11 is 3.27. The predicted molar refractivity (Wildman–Crippen MR) is 92.7 cm³/mol. The molecule has 0 fully saturated rings. The van der Waals surface area contributed by atoms with Crippen molar-refractivity contribution in [1.29, 1.82) is 0 Å². The van der Waals surface area contributed by atoms with Gasteiger partial charge in [-0.15, -0.1) is 0 Å². The first-order valence-electron chi connectivity index (χ1n) is 7.17. The van der Waals surface area contributed by atoms with Gasteiger partial charge >= 0.3 is 0 Å². The lowest BCUT2D eigenvalue weighted by Gasteiger charge is -2.10. The molecule has 0 saturated carbocycles. The molecule has 2 aromatic carbocycles. The molecule has 0 amide bonds. The highest BCUT2D eigenvalue weighted by Gasteiger charge is 2.41. The van der Waals surface area contributed by atoms with E-state index in [0.29, 0.717) is 22.6 Å². The molecule has 3 rings (SSSR count). The topological polar surface area (TPSA) is 69.7 Å². The molecule has 5 nitrogen and oxygen atoms in total. The quantitative estimate of drug-likeness (QED) is 0.774. The van der Waals surface area contributed by atoms with E-state index in [-0.39, 0.29) is 11.3 Å². The van der Waals surface area contributed by atoms with E-state index < -0.39 is 20.9 Å². The van der Waals surface area contributed by atoms with E-state index in [9.17, 15) is 13.2 Å². The molecule has 0 aliphatic heterocycles. The first-order valence-corrected chi connectivity index (χ1v) is 9.51. The first-order chi connectivity index (χ1) is 11.4. The standard InChI is InChI=1S/C17H15BrO5S/c1-22-14-7-10-8-16(17(19)13(10)9-15(14)23-2)24(20,21)12-5-3-11(18)4-6-12/h3-7,9,16H,8H2,1-2H3/t16-/m1/s1. The Labute approximate surface area is 148 Å². The summed E-state index contributed by atoms with van der Waals surface area (Å²) in [5.74, 6) is 0.478. The molecule has 7 heteroatoms. The van der Waals surface area contributed by atoms with Crippen LogP contribution >= 0.6 is 15.9 Å². The summed E-state index contributed by atoms with van der Waals surface area (Å²) in [5.41, 5.74) is 1.03. The van der Waals surface area contributed by atoms with Crippen molar-refractivity contribution in [2.24, 2.45) is 0 Å². The van der Waals surface area contributed by atoms with Crippen LogP contribution in [0.4, 0.5) is 0 Å². The van der Waals surface area contributed by atoms with Gasteiger partial charge in [0.15, 0.2) is 27.1 Å². The molecule has 24 heavy (non-hydrogen) atoms. The number of benzene rings is 2. The molecular formula is C17H15BrO5S. The number of rotatable bonds is 4. The van der Waals surface area contributed by atoms with Gasteiger partial charge in [0.05, 0.1) is 19.1 Å². The van der Waals surface area contributed by atoms with E-state index in [0.717, 1.165) is 4.47 Å². The van der Waals surface area contributed by atoms with Crippen molar-refractivity contribution >= 4 is 31.6 Å². The Balaban J connectivity index is 2.03. The van der Waals surface area contributed by atoms with Gasteiger partial charge < -0.3 is 9.47 Å². The fourth-order valence-corrected chi connectivity index (χ4v) is 4.74. The van der Waals surface area contributed by atoms with Crippen LogP contribution in [0.3, 0.4) is 0 Å². The van der Waals surface area contributed by atoms with Crippen LogP contribution in [0.2, 0.25) is 0 Å². The number of ether oxygens (including phenoxy) is 2. The second-order valence-electron chi connectivity index (χ2n) is 5.42. The average molecular weight is 411 g/mol. The fourth-order valence-electron chi connectivity index (χ4n) is 2.82. The third kappa shape index (κ3) is 2.71. The second kappa shape index (κ2) is 6.22. The summed E-state index contributed by atoms with van der Waals surface area (Å²) in [4.78, 5) is 12.8. The Morgan fingerprint density at radius 3 is 2.21 bits per heavy atom. The molecule has 0 unspecified atom stereocenters. The van der Waals surface area contributed by atoms with Gasteiger partial charge in [-0.05, 0) is 48.4 Å². The van der Waals surface area contributed by atoms with E-state index in [1.165, 1.54) is 26.4 Å². The smallest absolute Gasteiger partial charge is 0.189 e. The van der Waals surface area contributed by atoms with Crippen LogP contribution in [-0.4, -0.2) is 33.7 Å². The molecule has 126 valence electrons. The molecule has 1 atom stereocenters. The lowest BCUT2D eigenvalue weighted by atomic mass is 10.1. The van der Waals surface area contributed by atoms with Gasteiger partial charge in [-0.2, -0.15) is 0 Å². The molecule has 0 saturated heterocycles. The van der Waals surface area contributed by atoms with Crippen molar-refractivity contribution in [3.05, 3.63) is 52.0 Å². The van der Waals surface area contributed by atoms with Crippen molar-refractivity contribution < 1.29 is 22.7 Å². The van der Waals surface area contributed by atoms with Crippen LogP contribution in [0.5, 0.6) is 11.5 Å². The number of carbonyl (C=O) groups is 1. The summed E-state index contributed by atoms with van der Waals surface area (Å²) in [6, 6.07) is 9.50. The van der Waals surface area contributed by atoms with Gasteiger partial charge in [0.1, 0.15) is 5.25 Å².